The first-order chi connectivity index (χ1) is 9.17. The molecule has 0 saturated carbocycles. The van der Waals surface area contributed by atoms with Crippen molar-refractivity contribution in [2.24, 2.45) is 0 Å². The molecule has 0 bridgehead atoms. The summed E-state index contributed by atoms with van der Waals surface area (Å²) in [4.78, 5) is 21.0. The van der Waals surface area contributed by atoms with Crippen LogP contribution in [0, 0.1) is 6.92 Å². The molecular weight excluding hydrogens is 262 g/mol. The maximum Gasteiger partial charge on any atom is 0.275 e. The molecule has 0 N–H and O–H groups in total. The second kappa shape index (κ2) is 4.58. The van der Waals surface area contributed by atoms with Gasteiger partial charge in [-0.15, -0.1) is 0 Å². The second-order valence-electron chi connectivity index (χ2n) is 4.25. The summed E-state index contributed by atoms with van der Waals surface area (Å²) >= 11 is 1.44. The number of nitrogens with zero attached hydrogens (tertiary/aromatic N) is 5. The normalized spacial score (nSPS) is 11.3. The van der Waals surface area contributed by atoms with Crippen molar-refractivity contribution >= 4 is 16.3 Å². The Bertz CT molecular complexity index is 785. The molecule has 0 atom stereocenters. The Kier molecular flexibility index (Phi) is 2.90. The number of imidazole rings is 1. The minimum absolute atomic E-state index is 0.133. The third kappa shape index (κ3) is 2.17. The van der Waals surface area contributed by atoms with Crippen LogP contribution in [-0.4, -0.2) is 24.1 Å². The molecule has 0 aliphatic heterocycles. The fourth-order valence-corrected chi connectivity index (χ4v) is 2.91. The molecule has 7 heteroatoms. The highest BCUT2D eigenvalue weighted by molar-refractivity contribution is 7.16. The first kappa shape index (κ1) is 12.0. The highest BCUT2D eigenvalue weighted by Gasteiger charge is 2.09. The van der Waals surface area contributed by atoms with Crippen molar-refractivity contribution in [3.63, 3.8) is 0 Å². The molecule has 0 spiro atoms. The molecule has 0 amide bonds. The fourth-order valence-electron chi connectivity index (χ4n) is 1.97. The fraction of sp³-hybridized carbons (Fsp3) is 0.333. The summed E-state index contributed by atoms with van der Waals surface area (Å²) in [5.74, 6) is 1.01. The van der Waals surface area contributed by atoms with E-state index in [9.17, 15) is 4.79 Å². The molecule has 0 saturated heterocycles. The van der Waals surface area contributed by atoms with E-state index in [0.29, 0.717) is 11.5 Å². The lowest BCUT2D eigenvalue weighted by Crippen LogP contribution is -2.14. The number of fused-ring (bicyclic) bond motifs is 1. The van der Waals surface area contributed by atoms with Gasteiger partial charge in [-0.1, -0.05) is 18.3 Å². The van der Waals surface area contributed by atoms with Crippen molar-refractivity contribution in [3.8, 4) is 0 Å². The van der Waals surface area contributed by atoms with Crippen LogP contribution in [0.15, 0.2) is 23.3 Å². The molecule has 19 heavy (non-hydrogen) atoms. The van der Waals surface area contributed by atoms with E-state index in [-0.39, 0.29) is 5.56 Å². The van der Waals surface area contributed by atoms with Crippen LogP contribution in [0.3, 0.4) is 0 Å². The van der Waals surface area contributed by atoms with Gasteiger partial charge in [-0.3, -0.25) is 4.79 Å². The van der Waals surface area contributed by atoms with Crippen LogP contribution in [0.2, 0.25) is 0 Å². The maximum atomic E-state index is 11.8. The molecule has 0 aliphatic carbocycles. The number of hydrogen-bond donors (Lipinski definition) is 0. The summed E-state index contributed by atoms with van der Waals surface area (Å²) in [7, 11) is 0. The Labute approximate surface area is 113 Å². The minimum atomic E-state index is -0.133. The molecule has 0 unspecified atom stereocenters. The molecule has 0 radical (unpaired) electrons. The highest BCUT2D eigenvalue weighted by Crippen LogP contribution is 2.13. The van der Waals surface area contributed by atoms with Gasteiger partial charge in [0.2, 0.25) is 4.96 Å². The van der Waals surface area contributed by atoms with Gasteiger partial charge in [-0.05, 0) is 6.92 Å². The molecule has 0 aromatic carbocycles. The standard InChI is InChI=1S/C12H13N5OS/c1-3-9-13-4-5-16(9)7-10-15-17-11(18)6-8(2)14-12(17)19-10/h4-6H,3,7H2,1-2H3. The van der Waals surface area contributed by atoms with Crippen molar-refractivity contribution in [1.29, 1.82) is 0 Å². The summed E-state index contributed by atoms with van der Waals surface area (Å²) in [6.07, 6.45) is 4.57. The van der Waals surface area contributed by atoms with Gasteiger partial charge in [0.15, 0.2) is 0 Å². The summed E-state index contributed by atoms with van der Waals surface area (Å²) in [6.45, 7) is 4.49. The van der Waals surface area contributed by atoms with Crippen LogP contribution in [0.4, 0.5) is 0 Å². The van der Waals surface area contributed by atoms with Gasteiger partial charge >= 0.3 is 0 Å². The lowest BCUT2D eigenvalue weighted by molar-refractivity contribution is 0.710. The molecule has 3 rings (SSSR count). The number of rotatable bonds is 3. The van der Waals surface area contributed by atoms with Crippen molar-refractivity contribution in [2.75, 3.05) is 0 Å². The van der Waals surface area contributed by atoms with Gasteiger partial charge in [0.1, 0.15) is 10.8 Å². The van der Waals surface area contributed by atoms with Crippen LogP contribution in [0.5, 0.6) is 0 Å². The van der Waals surface area contributed by atoms with Crippen molar-refractivity contribution in [1.82, 2.24) is 24.1 Å². The average Bonchev–Trinajstić information content (AvgIpc) is 2.95. The Morgan fingerprint density at radius 2 is 2.26 bits per heavy atom. The summed E-state index contributed by atoms with van der Waals surface area (Å²) < 4.78 is 3.39. The largest absolute Gasteiger partial charge is 0.328 e. The molecular formula is C12H13N5OS. The van der Waals surface area contributed by atoms with Crippen LogP contribution in [0.1, 0.15) is 23.4 Å². The van der Waals surface area contributed by atoms with Gasteiger partial charge in [0.25, 0.3) is 5.56 Å². The Morgan fingerprint density at radius 1 is 1.42 bits per heavy atom. The molecule has 0 aliphatic rings. The SMILES string of the molecule is CCc1nccn1Cc1nn2c(=O)cc(C)nc2s1. The lowest BCUT2D eigenvalue weighted by Gasteiger charge is -2.02. The van der Waals surface area contributed by atoms with Crippen LogP contribution in [-0.2, 0) is 13.0 Å². The minimum Gasteiger partial charge on any atom is -0.328 e. The average molecular weight is 275 g/mol. The molecule has 98 valence electrons. The van der Waals surface area contributed by atoms with E-state index in [1.165, 1.54) is 21.9 Å². The van der Waals surface area contributed by atoms with Crippen LogP contribution in [0.25, 0.3) is 4.96 Å². The predicted molar refractivity (Wildman–Crippen MR) is 72.6 cm³/mol. The zero-order valence-electron chi connectivity index (χ0n) is 10.7. The van der Waals surface area contributed by atoms with Crippen LogP contribution < -0.4 is 5.56 Å². The highest BCUT2D eigenvalue weighted by atomic mass is 32.1. The van der Waals surface area contributed by atoms with Crippen LogP contribution >= 0.6 is 11.3 Å². The zero-order chi connectivity index (χ0) is 13.4. The molecule has 3 heterocycles. The first-order valence-corrected chi connectivity index (χ1v) is 6.85. The van der Waals surface area contributed by atoms with Crippen molar-refractivity contribution < 1.29 is 0 Å². The predicted octanol–water partition coefficient (Wildman–Crippen LogP) is 1.27. The lowest BCUT2D eigenvalue weighted by atomic mass is 10.4. The topological polar surface area (TPSA) is 65.1 Å². The van der Waals surface area contributed by atoms with Gasteiger partial charge in [0, 0.05) is 30.6 Å². The Hall–Kier alpha value is -2.02. The van der Waals surface area contributed by atoms with Crippen molar-refractivity contribution in [2.45, 2.75) is 26.8 Å². The maximum absolute atomic E-state index is 11.8. The van der Waals surface area contributed by atoms with Gasteiger partial charge in [-0.25, -0.2) is 9.97 Å². The van der Waals surface area contributed by atoms with E-state index in [4.69, 9.17) is 0 Å². The van der Waals surface area contributed by atoms with Gasteiger partial charge < -0.3 is 4.57 Å². The number of aryl methyl sites for hydroxylation is 2. The monoisotopic (exact) mass is 275 g/mol. The van der Waals surface area contributed by atoms with Crippen molar-refractivity contribution in [3.05, 3.63) is 45.3 Å². The third-order valence-corrected chi connectivity index (χ3v) is 3.73. The van der Waals surface area contributed by atoms with E-state index in [2.05, 4.69) is 22.0 Å². The summed E-state index contributed by atoms with van der Waals surface area (Å²) in [6, 6.07) is 1.49. The summed E-state index contributed by atoms with van der Waals surface area (Å²) in [5.41, 5.74) is 0.587. The molecule has 0 fully saturated rings. The second-order valence-corrected chi connectivity index (χ2v) is 5.29. The van der Waals surface area contributed by atoms with Gasteiger partial charge in [-0.2, -0.15) is 9.61 Å². The van der Waals surface area contributed by atoms with E-state index >= 15 is 0 Å². The quantitative estimate of drug-likeness (QED) is 0.722. The first-order valence-electron chi connectivity index (χ1n) is 6.04. The van der Waals surface area contributed by atoms with E-state index in [1.807, 2.05) is 17.7 Å². The molecule has 3 aromatic heterocycles. The van der Waals surface area contributed by atoms with Gasteiger partial charge in [0.05, 0.1) is 6.54 Å². The number of aromatic nitrogens is 5. The third-order valence-electron chi connectivity index (χ3n) is 2.84. The zero-order valence-corrected chi connectivity index (χ0v) is 11.5. The van der Waals surface area contributed by atoms with E-state index in [0.717, 1.165) is 22.9 Å². The Morgan fingerprint density at radius 3 is 3.05 bits per heavy atom. The smallest absolute Gasteiger partial charge is 0.275 e. The number of hydrogen-bond acceptors (Lipinski definition) is 5. The Balaban J connectivity index is 2.02. The molecule has 6 nitrogen and oxygen atoms in total. The van der Waals surface area contributed by atoms with E-state index in [1.54, 1.807) is 6.20 Å². The summed E-state index contributed by atoms with van der Waals surface area (Å²) in [5, 5.41) is 5.17. The van der Waals surface area contributed by atoms with E-state index < -0.39 is 0 Å². The molecule has 3 aromatic rings.